The van der Waals surface area contributed by atoms with Crippen LogP contribution in [-0.2, 0) is 0 Å². The summed E-state index contributed by atoms with van der Waals surface area (Å²) in [6, 6.07) is 10.1. The van der Waals surface area contributed by atoms with E-state index in [1.807, 2.05) is 35.7 Å². The van der Waals surface area contributed by atoms with Crippen LogP contribution in [0, 0.1) is 0 Å². The van der Waals surface area contributed by atoms with Crippen molar-refractivity contribution in [1.29, 1.82) is 0 Å². The zero-order valence-corrected chi connectivity index (χ0v) is 13.6. The van der Waals surface area contributed by atoms with Gasteiger partial charge in [-0.2, -0.15) is 5.10 Å². The number of halogens is 2. The van der Waals surface area contributed by atoms with Gasteiger partial charge < -0.3 is 5.73 Å². The Hall–Kier alpha value is -1.11. The summed E-state index contributed by atoms with van der Waals surface area (Å²) in [6.45, 7) is 0. The Labute approximate surface area is 131 Å². The summed E-state index contributed by atoms with van der Waals surface area (Å²) in [7, 11) is 0. The van der Waals surface area contributed by atoms with Crippen molar-refractivity contribution in [3.05, 3.63) is 44.7 Å². The van der Waals surface area contributed by atoms with Gasteiger partial charge in [0, 0.05) is 19.4 Å². The monoisotopic (exact) mass is 397 g/mol. The number of nitrogens with one attached hydrogen (secondary N) is 1. The molecule has 3 aromatic rings. The van der Waals surface area contributed by atoms with Crippen LogP contribution in [0.3, 0.4) is 0 Å². The minimum Gasteiger partial charge on any atom is -0.382 e. The summed E-state index contributed by atoms with van der Waals surface area (Å²) in [5, 5.41) is 9.19. The number of H-pyrrole nitrogens is 1. The Balaban J connectivity index is 2.21. The van der Waals surface area contributed by atoms with Gasteiger partial charge >= 0.3 is 0 Å². The number of hydrogen-bond acceptors (Lipinski definition) is 3. The van der Waals surface area contributed by atoms with Crippen LogP contribution in [0.2, 0.25) is 0 Å². The summed E-state index contributed by atoms with van der Waals surface area (Å²) in [4.78, 5) is 1.11. The van der Waals surface area contributed by atoms with Crippen molar-refractivity contribution in [2.75, 3.05) is 5.73 Å². The fraction of sp³-hybridized carbons (Fsp3) is 0. The van der Waals surface area contributed by atoms with Crippen LogP contribution in [0.1, 0.15) is 0 Å². The van der Waals surface area contributed by atoms with E-state index >= 15 is 0 Å². The molecule has 0 aliphatic heterocycles. The second-order valence-corrected chi connectivity index (χ2v) is 6.68. The van der Waals surface area contributed by atoms with E-state index in [9.17, 15) is 0 Å². The molecule has 0 saturated heterocycles. The van der Waals surface area contributed by atoms with Crippen LogP contribution in [0.5, 0.6) is 0 Å². The Kier molecular flexibility index (Phi) is 3.47. The van der Waals surface area contributed by atoms with E-state index in [1.54, 1.807) is 11.3 Å². The lowest BCUT2D eigenvalue weighted by molar-refractivity contribution is 1.10. The molecule has 0 saturated carbocycles. The third-order valence-corrected chi connectivity index (χ3v) is 4.80. The maximum Gasteiger partial charge on any atom is 0.154 e. The lowest BCUT2D eigenvalue weighted by Gasteiger charge is -2.05. The smallest absolute Gasteiger partial charge is 0.154 e. The van der Waals surface area contributed by atoms with Gasteiger partial charge in [0.15, 0.2) is 5.82 Å². The predicted molar refractivity (Wildman–Crippen MR) is 87.1 cm³/mol. The summed E-state index contributed by atoms with van der Waals surface area (Å²) in [6.07, 6.45) is 0. The molecule has 3 N–H and O–H groups in total. The highest BCUT2D eigenvalue weighted by Gasteiger charge is 2.17. The maximum atomic E-state index is 5.99. The molecule has 1 aromatic carbocycles. The van der Waals surface area contributed by atoms with Gasteiger partial charge in [-0.3, -0.25) is 5.10 Å². The second-order valence-electron chi connectivity index (χ2n) is 3.96. The number of rotatable bonds is 2. The number of nitrogens with two attached hydrogens (primary N) is 1. The van der Waals surface area contributed by atoms with Crippen molar-refractivity contribution in [1.82, 2.24) is 10.2 Å². The van der Waals surface area contributed by atoms with E-state index in [4.69, 9.17) is 5.73 Å². The van der Waals surface area contributed by atoms with Gasteiger partial charge in [0.2, 0.25) is 0 Å². The minimum atomic E-state index is 0.521. The highest BCUT2D eigenvalue weighted by atomic mass is 79.9. The molecule has 6 heteroatoms. The summed E-state index contributed by atoms with van der Waals surface area (Å²) in [5.74, 6) is 0.521. The molecule has 3 nitrogen and oxygen atoms in total. The highest BCUT2D eigenvalue weighted by Crippen LogP contribution is 2.40. The van der Waals surface area contributed by atoms with E-state index < -0.39 is 0 Å². The molecule has 0 fully saturated rings. The first kappa shape index (κ1) is 12.9. The number of anilines is 1. The average molecular weight is 399 g/mol. The number of nitrogens with zero attached hydrogens (tertiary/aromatic N) is 1. The lowest BCUT2D eigenvalue weighted by Crippen LogP contribution is -1.87. The van der Waals surface area contributed by atoms with Gasteiger partial charge in [-0.15, -0.1) is 11.3 Å². The molecule has 2 aromatic heterocycles. The molecular formula is C13H9Br2N3S. The topological polar surface area (TPSA) is 54.7 Å². The normalized spacial score (nSPS) is 10.8. The third-order valence-electron chi connectivity index (χ3n) is 2.76. The molecule has 0 aliphatic rings. The standard InChI is InChI=1S/C13H9Br2N3S/c14-7-3-4-8(9(15)6-7)12-11(13(16)18-17-12)10-2-1-5-19-10/h1-6H,(H3,16,17,18). The second kappa shape index (κ2) is 5.11. The first-order chi connectivity index (χ1) is 9.16. The number of thiophene rings is 1. The number of aromatic amines is 1. The van der Waals surface area contributed by atoms with Gasteiger partial charge in [-0.25, -0.2) is 0 Å². The fourth-order valence-corrected chi connectivity index (χ4v) is 3.94. The Morgan fingerprint density at radius 2 is 2.05 bits per heavy atom. The van der Waals surface area contributed by atoms with Crippen LogP contribution in [0.4, 0.5) is 5.82 Å². The molecule has 0 amide bonds. The zero-order valence-electron chi connectivity index (χ0n) is 9.65. The van der Waals surface area contributed by atoms with E-state index in [0.29, 0.717) is 5.82 Å². The molecule has 2 heterocycles. The van der Waals surface area contributed by atoms with Gasteiger partial charge in [0.25, 0.3) is 0 Å². The quantitative estimate of drug-likeness (QED) is 0.644. The Bertz CT molecular complexity index is 720. The molecule has 3 rings (SSSR count). The molecule has 0 unspecified atom stereocenters. The van der Waals surface area contributed by atoms with E-state index in [0.717, 1.165) is 30.6 Å². The SMILES string of the molecule is Nc1n[nH]c(-c2ccc(Br)cc2Br)c1-c1cccs1. The van der Waals surface area contributed by atoms with E-state index in [1.165, 1.54) is 0 Å². The third kappa shape index (κ3) is 2.35. The van der Waals surface area contributed by atoms with Gasteiger partial charge in [-0.05, 0) is 23.6 Å². The first-order valence-corrected chi connectivity index (χ1v) is 7.96. The van der Waals surface area contributed by atoms with Gasteiger partial charge in [0.1, 0.15) is 0 Å². The van der Waals surface area contributed by atoms with Crippen molar-refractivity contribution in [3.63, 3.8) is 0 Å². The van der Waals surface area contributed by atoms with Crippen LogP contribution >= 0.6 is 43.2 Å². The molecule has 96 valence electrons. The summed E-state index contributed by atoms with van der Waals surface area (Å²) >= 11 is 8.68. The summed E-state index contributed by atoms with van der Waals surface area (Å²) in [5.41, 5.74) is 8.91. The predicted octanol–water partition coefficient (Wildman–Crippen LogP) is 4.91. The minimum absolute atomic E-state index is 0.521. The largest absolute Gasteiger partial charge is 0.382 e. The molecule has 0 bridgehead atoms. The van der Waals surface area contributed by atoms with E-state index in [-0.39, 0.29) is 0 Å². The van der Waals surface area contributed by atoms with Crippen molar-refractivity contribution in [2.24, 2.45) is 0 Å². The van der Waals surface area contributed by atoms with Crippen molar-refractivity contribution < 1.29 is 0 Å². The molecule has 0 spiro atoms. The number of benzene rings is 1. The molecule has 0 aliphatic carbocycles. The van der Waals surface area contributed by atoms with Crippen LogP contribution in [0.25, 0.3) is 21.7 Å². The lowest BCUT2D eigenvalue weighted by atomic mass is 10.1. The van der Waals surface area contributed by atoms with Crippen LogP contribution < -0.4 is 5.73 Å². The highest BCUT2D eigenvalue weighted by molar-refractivity contribution is 9.11. The van der Waals surface area contributed by atoms with Crippen molar-refractivity contribution >= 4 is 49.0 Å². The molecular weight excluding hydrogens is 390 g/mol. The molecule has 19 heavy (non-hydrogen) atoms. The zero-order chi connectivity index (χ0) is 13.4. The van der Waals surface area contributed by atoms with Gasteiger partial charge in [-0.1, -0.05) is 44.0 Å². The van der Waals surface area contributed by atoms with Gasteiger partial charge in [0.05, 0.1) is 11.3 Å². The molecule has 0 atom stereocenters. The van der Waals surface area contributed by atoms with Crippen LogP contribution in [-0.4, -0.2) is 10.2 Å². The van der Waals surface area contributed by atoms with Crippen molar-refractivity contribution in [2.45, 2.75) is 0 Å². The molecule has 0 radical (unpaired) electrons. The number of nitrogen functional groups attached to an aromatic ring is 1. The average Bonchev–Trinajstić information content (AvgIpc) is 2.98. The van der Waals surface area contributed by atoms with E-state index in [2.05, 4.69) is 42.1 Å². The number of aromatic nitrogens is 2. The van der Waals surface area contributed by atoms with Crippen LogP contribution in [0.15, 0.2) is 44.7 Å². The first-order valence-electron chi connectivity index (χ1n) is 5.50. The fourth-order valence-electron chi connectivity index (χ4n) is 1.91. The number of hydrogen-bond donors (Lipinski definition) is 2. The maximum absolute atomic E-state index is 5.99. The Morgan fingerprint density at radius 1 is 1.21 bits per heavy atom. The Morgan fingerprint density at radius 3 is 2.74 bits per heavy atom. The summed E-state index contributed by atoms with van der Waals surface area (Å²) < 4.78 is 2.01. The van der Waals surface area contributed by atoms with Crippen molar-refractivity contribution in [3.8, 4) is 21.7 Å².